The summed E-state index contributed by atoms with van der Waals surface area (Å²) in [6, 6.07) is 12.9. The molecular formula is C16H16O4S. The lowest BCUT2D eigenvalue weighted by atomic mass is 10.0. The highest BCUT2D eigenvalue weighted by molar-refractivity contribution is 7.87. The number of rotatable bonds is 5. The highest BCUT2D eigenvalue weighted by Crippen LogP contribution is 2.21. The molecule has 21 heavy (non-hydrogen) atoms. The second-order valence-electron chi connectivity index (χ2n) is 4.84. The highest BCUT2D eigenvalue weighted by atomic mass is 32.2. The van der Waals surface area contributed by atoms with Crippen LogP contribution in [0.15, 0.2) is 53.4 Å². The van der Waals surface area contributed by atoms with E-state index in [4.69, 9.17) is 4.18 Å². The van der Waals surface area contributed by atoms with Crippen molar-refractivity contribution in [2.45, 2.75) is 24.7 Å². The fourth-order valence-electron chi connectivity index (χ4n) is 1.79. The molecule has 0 bridgehead atoms. The van der Waals surface area contributed by atoms with Crippen LogP contribution in [0.25, 0.3) is 0 Å². The molecule has 0 saturated carbocycles. The molecule has 0 aromatic heterocycles. The molecule has 2 rings (SSSR count). The molecule has 2 aromatic rings. The smallest absolute Gasteiger partial charge is 0.339 e. The van der Waals surface area contributed by atoms with E-state index in [1.54, 1.807) is 43.3 Å². The summed E-state index contributed by atoms with van der Waals surface area (Å²) < 4.78 is 29.3. The predicted octanol–water partition coefficient (Wildman–Crippen LogP) is 3.07. The maximum Gasteiger partial charge on any atom is 0.339 e. The molecule has 0 N–H and O–H groups in total. The van der Waals surface area contributed by atoms with Crippen molar-refractivity contribution in [3.8, 4) is 5.75 Å². The minimum Gasteiger partial charge on any atom is -0.379 e. The third-order valence-electron chi connectivity index (χ3n) is 3.13. The number of hydrogen-bond donors (Lipinski definition) is 0. The first kappa shape index (κ1) is 15.3. The maximum atomic E-state index is 12.1. The van der Waals surface area contributed by atoms with Crippen LogP contribution in [0.5, 0.6) is 5.75 Å². The zero-order valence-corrected chi connectivity index (χ0v) is 12.6. The molecule has 1 atom stereocenters. The van der Waals surface area contributed by atoms with Crippen molar-refractivity contribution in [2.75, 3.05) is 0 Å². The van der Waals surface area contributed by atoms with Crippen molar-refractivity contribution in [2.24, 2.45) is 0 Å². The van der Waals surface area contributed by atoms with Crippen LogP contribution in [-0.4, -0.2) is 14.7 Å². The normalized spacial score (nSPS) is 12.7. The van der Waals surface area contributed by atoms with Crippen LogP contribution in [0.1, 0.15) is 24.0 Å². The lowest BCUT2D eigenvalue weighted by Gasteiger charge is -2.09. The Morgan fingerprint density at radius 2 is 1.57 bits per heavy atom. The molecule has 1 unspecified atom stereocenters. The highest BCUT2D eigenvalue weighted by Gasteiger charge is 2.16. The number of aldehydes is 1. The van der Waals surface area contributed by atoms with Gasteiger partial charge in [0.1, 0.15) is 16.9 Å². The van der Waals surface area contributed by atoms with E-state index >= 15 is 0 Å². The number of benzene rings is 2. The van der Waals surface area contributed by atoms with Gasteiger partial charge in [0.25, 0.3) is 0 Å². The Balaban J connectivity index is 2.20. The number of carbonyl (C=O) groups is 1. The van der Waals surface area contributed by atoms with E-state index in [0.29, 0.717) is 0 Å². The lowest BCUT2D eigenvalue weighted by Crippen LogP contribution is -2.09. The summed E-state index contributed by atoms with van der Waals surface area (Å²) in [4.78, 5) is 10.8. The third kappa shape index (κ3) is 3.70. The molecule has 5 heteroatoms. The van der Waals surface area contributed by atoms with E-state index < -0.39 is 10.1 Å². The second-order valence-corrected chi connectivity index (χ2v) is 6.39. The maximum absolute atomic E-state index is 12.1. The Hall–Kier alpha value is -2.14. The molecule has 110 valence electrons. The number of hydrogen-bond acceptors (Lipinski definition) is 4. The average molecular weight is 304 g/mol. The molecule has 0 aliphatic heterocycles. The number of carbonyl (C=O) groups excluding carboxylic acids is 1. The van der Waals surface area contributed by atoms with Crippen molar-refractivity contribution < 1.29 is 17.4 Å². The van der Waals surface area contributed by atoms with Crippen molar-refractivity contribution in [3.05, 3.63) is 59.7 Å². The quantitative estimate of drug-likeness (QED) is 0.629. The summed E-state index contributed by atoms with van der Waals surface area (Å²) >= 11 is 0. The first-order valence-corrected chi connectivity index (χ1v) is 7.89. The van der Waals surface area contributed by atoms with Gasteiger partial charge in [0.05, 0.1) is 0 Å². The molecule has 0 fully saturated rings. The molecule has 0 aliphatic carbocycles. The number of aryl methyl sites for hydroxylation is 1. The first-order valence-electron chi connectivity index (χ1n) is 6.49. The molecular weight excluding hydrogens is 288 g/mol. The van der Waals surface area contributed by atoms with Gasteiger partial charge in [-0.3, -0.25) is 0 Å². The van der Waals surface area contributed by atoms with Gasteiger partial charge in [-0.05, 0) is 36.8 Å². The van der Waals surface area contributed by atoms with Gasteiger partial charge in [0.2, 0.25) is 0 Å². The largest absolute Gasteiger partial charge is 0.379 e. The van der Waals surface area contributed by atoms with E-state index in [-0.39, 0.29) is 16.6 Å². The van der Waals surface area contributed by atoms with E-state index in [1.807, 2.05) is 6.92 Å². The Kier molecular flexibility index (Phi) is 4.43. The lowest BCUT2D eigenvalue weighted by molar-refractivity contribution is -0.108. The summed E-state index contributed by atoms with van der Waals surface area (Å²) in [6.45, 7) is 3.65. The Bertz CT molecular complexity index is 716. The van der Waals surface area contributed by atoms with Gasteiger partial charge >= 0.3 is 10.1 Å². The molecule has 2 aromatic carbocycles. The van der Waals surface area contributed by atoms with E-state index in [2.05, 4.69) is 0 Å². The van der Waals surface area contributed by atoms with Crippen LogP contribution in [0.3, 0.4) is 0 Å². The van der Waals surface area contributed by atoms with Crippen LogP contribution in [0.2, 0.25) is 0 Å². The first-order chi connectivity index (χ1) is 9.92. The van der Waals surface area contributed by atoms with Crippen molar-refractivity contribution in [1.29, 1.82) is 0 Å². The molecule has 4 nitrogen and oxygen atoms in total. The van der Waals surface area contributed by atoms with Gasteiger partial charge in [-0.15, -0.1) is 0 Å². The Morgan fingerprint density at radius 3 is 2.10 bits per heavy atom. The molecule has 0 radical (unpaired) electrons. The SMILES string of the molecule is Cc1ccc(S(=O)(=O)Oc2ccc(C(C)C=O)cc2)cc1. The van der Waals surface area contributed by atoms with Crippen molar-refractivity contribution in [3.63, 3.8) is 0 Å². The minimum atomic E-state index is -3.84. The van der Waals surface area contributed by atoms with Gasteiger partial charge in [-0.2, -0.15) is 8.42 Å². The molecule has 0 spiro atoms. The van der Waals surface area contributed by atoms with Crippen LogP contribution in [0.4, 0.5) is 0 Å². The zero-order valence-electron chi connectivity index (χ0n) is 11.8. The topological polar surface area (TPSA) is 60.4 Å². The van der Waals surface area contributed by atoms with E-state index in [9.17, 15) is 13.2 Å². The summed E-state index contributed by atoms with van der Waals surface area (Å²) in [5.74, 6) is -0.00909. The molecule has 0 amide bonds. The zero-order chi connectivity index (χ0) is 15.5. The monoisotopic (exact) mass is 304 g/mol. The van der Waals surface area contributed by atoms with Gasteiger partial charge in [0.15, 0.2) is 0 Å². The van der Waals surface area contributed by atoms with Crippen LogP contribution in [0, 0.1) is 6.92 Å². The standard InChI is InChI=1S/C16H16O4S/c1-12-3-9-16(10-4-12)21(18,19)20-15-7-5-14(6-8-15)13(2)11-17/h3-11,13H,1-2H3. The molecule has 0 aliphatic rings. The Labute approximate surface area is 124 Å². The van der Waals surface area contributed by atoms with Crippen LogP contribution in [-0.2, 0) is 14.9 Å². The Morgan fingerprint density at radius 1 is 1.00 bits per heavy atom. The molecule has 0 heterocycles. The second kappa shape index (κ2) is 6.10. The summed E-state index contributed by atoms with van der Waals surface area (Å²) in [6.07, 6.45) is 0.832. The van der Waals surface area contributed by atoms with Crippen molar-refractivity contribution >= 4 is 16.4 Å². The van der Waals surface area contributed by atoms with E-state index in [0.717, 1.165) is 17.4 Å². The summed E-state index contributed by atoms with van der Waals surface area (Å²) in [7, 11) is -3.84. The van der Waals surface area contributed by atoms with Crippen LogP contribution >= 0.6 is 0 Å². The van der Waals surface area contributed by atoms with Gasteiger partial charge < -0.3 is 8.98 Å². The average Bonchev–Trinajstić information content (AvgIpc) is 2.47. The minimum absolute atomic E-state index is 0.110. The van der Waals surface area contributed by atoms with E-state index in [1.165, 1.54) is 12.1 Å². The summed E-state index contributed by atoms with van der Waals surface area (Å²) in [5.41, 5.74) is 1.78. The fraction of sp³-hybridized carbons (Fsp3) is 0.188. The van der Waals surface area contributed by atoms with Gasteiger partial charge in [-0.1, -0.05) is 36.8 Å². The van der Waals surface area contributed by atoms with Gasteiger partial charge in [-0.25, -0.2) is 0 Å². The summed E-state index contributed by atoms with van der Waals surface area (Å²) in [5, 5.41) is 0. The van der Waals surface area contributed by atoms with Crippen LogP contribution < -0.4 is 4.18 Å². The predicted molar refractivity (Wildman–Crippen MR) is 79.9 cm³/mol. The van der Waals surface area contributed by atoms with Gasteiger partial charge in [0, 0.05) is 5.92 Å². The molecule has 0 saturated heterocycles. The third-order valence-corrected chi connectivity index (χ3v) is 4.39. The fourth-order valence-corrected chi connectivity index (χ4v) is 2.72. The van der Waals surface area contributed by atoms with Crippen molar-refractivity contribution in [1.82, 2.24) is 0 Å².